The van der Waals surface area contributed by atoms with Crippen LogP contribution < -0.4 is 0 Å². The number of aromatic amines is 2. The molecule has 43 heavy (non-hydrogen) atoms. The molecule has 5 nitrogen and oxygen atoms in total. The molecule has 0 amide bonds. The van der Waals surface area contributed by atoms with Gasteiger partial charge in [-0.15, -0.1) is 0 Å². The molecular weight excluding hydrogens is 633 g/mol. The molecule has 4 N–H and O–H groups in total. The van der Waals surface area contributed by atoms with Gasteiger partial charge < -0.3 is 20.2 Å². The predicted molar refractivity (Wildman–Crippen MR) is 174 cm³/mol. The van der Waals surface area contributed by atoms with Crippen LogP contribution in [0.1, 0.15) is 31.0 Å². The highest BCUT2D eigenvalue weighted by Crippen LogP contribution is 2.37. The molecule has 4 aromatic carbocycles. The van der Waals surface area contributed by atoms with E-state index in [1.54, 1.807) is 42.5 Å². The van der Waals surface area contributed by atoms with Crippen LogP contribution in [0.5, 0.6) is 0 Å². The lowest BCUT2D eigenvalue weighted by molar-refractivity contribution is 0.0691. The van der Waals surface area contributed by atoms with Crippen molar-refractivity contribution in [3.05, 3.63) is 118 Å². The van der Waals surface area contributed by atoms with E-state index >= 15 is 0 Å². The van der Waals surface area contributed by atoms with Crippen LogP contribution >= 0.6 is 46.7 Å². The zero-order chi connectivity index (χ0) is 29.1. The minimum Gasteiger partial charge on any atom is -0.477 e. The van der Waals surface area contributed by atoms with Gasteiger partial charge in [-0.1, -0.05) is 61.6 Å². The van der Waals surface area contributed by atoms with Crippen molar-refractivity contribution < 1.29 is 23.8 Å². The third kappa shape index (κ3) is 8.34. The summed E-state index contributed by atoms with van der Waals surface area (Å²) in [5.41, 5.74) is 2.38. The summed E-state index contributed by atoms with van der Waals surface area (Å²) in [5, 5.41) is 21.1. The second-order valence-corrected chi connectivity index (χ2v) is 11.9. The first-order valence-electron chi connectivity index (χ1n) is 12.0. The largest absolute Gasteiger partial charge is 0.477 e. The van der Waals surface area contributed by atoms with Gasteiger partial charge in [-0.2, -0.15) is 0 Å². The summed E-state index contributed by atoms with van der Waals surface area (Å²) in [6.45, 7) is -0.0487. The van der Waals surface area contributed by atoms with Crippen molar-refractivity contribution in [1.29, 1.82) is 0 Å². The number of hydrogen-bond acceptors (Lipinski definition) is 4. The SMILES string of the molecule is C.C.O=C(O)c1cc2c(Sc3ccc(F)cc3)cc(Cl)cc2[nH]1.OCc1cc2c(Sc3ccc(F)cc3)cc(Cl)cc2[nH]1. The molecule has 6 rings (SSSR count). The first-order valence-corrected chi connectivity index (χ1v) is 14.4. The molecule has 0 atom stereocenters. The highest BCUT2D eigenvalue weighted by atomic mass is 35.5. The number of hydrogen-bond donors (Lipinski definition) is 4. The first-order chi connectivity index (χ1) is 19.7. The third-order valence-corrected chi connectivity index (χ3v) is 8.44. The molecule has 2 heterocycles. The van der Waals surface area contributed by atoms with Crippen molar-refractivity contribution in [2.75, 3.05) is 0 Å². The molecule has 0 saturated carbocycles. The quantitative estimate of drug-likeness (QED) is 0.143. The van der Waals surface area contributed by atoms with Crippen LogP contribution in [-0.4, -0.2) is 26.2 Å². The molecule has 0 aliphatic rings. The number of H-pyrrole nitrogens is 2. The fourth-order valence-corrected chi connectivity index (χ4v) is 6.58. The van der Waals surface area contributed by atoms with Crippen LogP contribution in [0.2, 0.25) is 10.0 Å². The summed E-state index contributed by atoms with van der Waals surface area (Å²) in [4.78, 5) is 20.5. The molecule has 0 aliphatic carbocycles. The van der Waals surface area contributed by atoms with Crippen molar-refractivity contribution in [3.8, 4) is 0 Å². The van der Waals surface area contributed by atoms with Gasteiger partial charge in [-0.25, -0.2) is 13.6 Å². The van der Waals surface area contributed by atoms with E-state index in [0.717, 1.165) is 41.6 Å². The van der Waals surface area contributed by atoms with Gasteiger partial charge in [-0.05, 0) is 84.9 Å². The van der Waals surface area contributed by atoms with Crippen molar-refractivity contribution in [3.63, 3.8) is 0 Å². The molecular formula is C32H28Cl2F2N2O3S2. The minimum atomic E-state index is -1.03. The number of rotatable bonds is 6. The van der Waals surface area contributed by atoms with E-state index in [1.165, 1.54) is 47.8 Å². The normalized spacial score (nSPS) is 10.5. The molecule has 0 radical (unpaired) electrons. The standard InChI is InChI=1S/C15H9ClFNO2S.C15H11ClFNOS.2CH4/c16-8-5-12-11(7-13(18-12)15(19)20)14(6-8)21-10-3-1-9(17)2-4-10;16-9-5-14-13(7-11(8-19)18-14)15(6-9)20-12-3-1-10(17)2-4-12;;/h1-7,18H,(H,19,20);1-7,18-19H,8H2;2*1H4. The van der Waals surface area contributed by atoms with E-state index in [2.05, 4.69) is 9.97 Å². The number of carbonyl (C=O) groups is 1. The number of benzene rings is 4. The number of nitrogens with one attached hydrogen (secondary N) is 2. The number of aromatic nitrogens is 2. The highest BCUT2D eigenvalue weighted by Gasteiger charge is 2.13. The van der Waals surface area contributed by atoms with Gasteiger partial charge in [0.2, 0.25) is 0 Å². The van der Waals surface area contributed by atoms with E-state index in [1.807, 2.05) is 18.2 Å². The Morgan fingerprint density at radius 2 is 1.14 bits per heavy atom. The smallest absolute Gasteiger partial charge is 0.352 e. The van der Waals surface area contributed by atoms with Crippen molar-refractivity contribution in [2.24, 2.45) is 0 Å². The minimum absolute atomic E-state index is 0. The van der Waals surface area contributed by atoms with Gasteiger partial charge in [0.25, 0.3) is 0 Å². The van der Waals surface area contributed by atoms with Crippen LogP contribution in [-0.2, 0) is 6.61 Å². The zero-order valence-corrected chi connectivity index (χ0v) is 24.1. The second-order valence-electron chi connectivity index (χ2n) is 8.78. The second kappa shape index (κ2) is 14.8. The Bertz CT molecular complexity index is 1860. The Morgan fingerprint density at radius 1 is 0.698 bits per heavy atom. The zero-order valence-electron chi connectivity index (χ0n) is 20.9. The molecule has 224 valence electrons. The van der Waals surface area contributed by atoms with E-state index in [4.69, 9.17) is 28.3 Å². The van der Waals surface area contributed by atoms with E-state index < -0.39 is 5.97 Å². The maximum Gasteiger partial charge on any atom is 0.352 e. The average molecular weight is 662 g/mol. The fraction of sp³-hybridized carbons (Fsp3) is 0.0938. The van der Waals surface area contributed by atoms with Gasteiger partial charge in [0.05, 0.1) is 6.61 Å². The van der Waals surface area contributed by atoms with Gasteiger partial charge in [0.15, 0.2) is 0 Å². The number of aliphatic hydroxyl groups is 1. The van der Waals surface area contributed by atoms with Crippen LogP contribution in [0.25, 0.3) is 21.8 Å². The van der Waals surface area contributed by atoms with Crippen LogP contribution in [0.4, 0.5) is 8.78 Å². The lowest BCUT2D eigenvalue weighted by atomic mass is 10.2. The molecule has 2 aromatic heterocycles. The summed E-state index contributed by atoms with van der Waals surface area (Å²) in [6, 6.07) is 23.0. The molecule has 6 aromatic rings. The number of carboxylic acid groups (broad SMARTS) is 1. The molecule has 11 heteroatoms. The summed E-state index contributed by atoms with van der Waals surface area (Å²) in [7, 11) is 0. The third-order valence-electron chi connectivity index (χ3n) is 5.87. The van der Waals surface area contributed by atoms with Crippen molar-refractivity contribution >= 4 is 74.5 Å². The Kier molecular flexibility index (Phi) is 11.7. The number of aliphatic hydroxyl groups excluding tert-OH is 1. The average Bonchev–Trinajstić information content (AvgIpc) is 3.56. The molecule has 0 fully saturated rings. The van der Waals surface area contributed by atoms with E-state index in [9.17, 15) is 18.7 Å². The molecule has 0 aliphatic heterocycles. The number of halogens is 4. The van der Waals surface area contributed by atoms with Crippen molar-refractivity contribution in [1.82, 2.24) is 9.97 Å². The Hall–Kier alpha value is -3.47. The van der Waals surface area contributed by atoms with Crippen molar-refractivity contribution in [2.45, 2.75) is 41.0 Å². The fourth-order valence-electron chi connectivity index (χ4n) is 4.03. The lowest BCUT2D eigenvalue weighted by Gasteiger charge is -2.04. The van der Waals surface area contributed by atoms with Gasteiger partial charge in [0.1, 0.15) is 17.3 Å². The lowest BCUT2D eigenvalue weighted by Crippen LogP contribution is -1.94. The van der Waals surface area contributed by atoms with Gasteiger partial charge in [0, 0.05) is 57.1 Å². The predicted octanol–water partition coefficient (Wildman–Crippen LogP) is 10.7. The number of carboxylic acids is 1. The molecule has 0 unspecified atom stereocenters. The highest BCUT2D eigenvalue weighted by molar-refractivity contribution is 7.99. The maximum atomic E-state index is 12.9. The number of aromatic carboxylic acids is 1. The monoisotopic (exact) mass is 660 g/mol. The Labute approximate surface area is 266 Å². The van der Waals surface area contributed by atoms with E-state index in [-0.39, 0.29) is 38.8 Å². The van der Waals surface area contributed by atoms with Gasteiger partial charge >= 0.3 is 5.97 Å². The first kappa shape index (κ1) is 34.0. The molecule has 0 saturated heterocycles. The summed E-state index contributed by atoms with van der Waals surface area (Å²) in [6.07, 6.45) is 0. The Morgan fingerprint density at radius 3 is 1.58 bits per heavy atom. The molecule has 0 bridgehead atoms. The maximum absolute atomic E-state index is 12.9. The molecule has 0 spiro atoms. The topological polar surface area (TPSA) is 89.1 Å². The van der Waals surface area contributed by atoms with Gasteiger partial charge in [-0.3, -0.25) is 0 Å². The summed E-state index contributed by atoms with van der Waals surface area (Å²) < 4.78 is 25.9. The number of fused-ring (bicyclic) bond motifs is 2. The van der Waals surface area contributed by atoms with Crippen LogP contribution in [0.3, 0.4) is 0 Å². The van der Waals surface area contributed by atoms with Crippen LogP contribution in [0, 0.1) is 11.6 Å². The summed E-state index contributed by atoms with van der Waals surface area (Å²) >= 11 is 15.1. The van der Waals surface area contributed by atoms with Crippen LogP contribution in [0.15, 0.2) is 105 Å². The van der Waals surface area contributed by atoms with E-state index in [0.29, 0.717) is 15.6 Å². The summed E-state index contributed by atoms with van der Waals surface area (Å²) in [5.74, 6) is -1.58. The Balaban J connectivity index is 0.000000225.